The van der Waals surface area contributed by atoms with Gasteiger partial charge in [0.25, 0.3) is 0 Å². The Balaban J connectivity index is 2.08. The first kappa shape index (κ1) is 12.2. The number of anilines is 1. The van der Waals surface area contributed by atoms with Crippen LogP contribution < -0.4 is 10.6 Å². The summed E-state index contributed by atoms with van der Waals surface area (Å²) >= 11 is 2.97. The molecule has 2 aromatic heterocycles. The molecule has 0 atom stereocenters. The quantitative estimate of drug-likeness (QED) is 0.886. The van der Waals surface area contributed by atoms with E-state index in [1.54, 1.807) is 12.4 Å². The second kappa shape index (κ2) is 5.39. The van der Waals surface area contributed by atoms with Crippen molar-refractivity contribution in [3.05, 3.63) is 18.1 Å². The van der Waals surface area contributed by atoms with Crippen LogP contribution in [0.5, 0.6) is 0 Å². The van der Waals surface area contributed by atoms with Crippen LogP contribution in [0.3, 0.4) is 0 Å². The first-order valence-electron chi connectivity index (χ1n) is 4.88. The van der Waals surface area contributed by atoms with E-state index in [1.807, 2.05) is 19.0 Å². The molecule has 0 aromatic carbocycles. The third-order valence-corrected chi connectivity index (χ3v) is 3.92. The van der Waals surface area contributed by atoms with E-state index in [4.69, 9.17) is 5.73 Å². The summed E-state index contributed by atoms with van der Waals surface area (Å²) in [6, 6.07) is 0. The van der Waals surface area contributed by atoms with Gasteiger partial charge in [0.05, 0.1) is 18.1 Å². The van der Waals surface area contributed by atoms with E-state index < -0.39 is 0 Å². The van der Waals surface area contributed by atoms with Gasteiger partial charge in [-0.2, -0.15) is 0 Å². The van der Waals surface area contributed by atoms with Crippen LogP contribution in [0, 0.1) is 0 Å². The van der Waals surface area contributed by atoms with Crippen LogP contribution >= 0.6 is 23.1 Å². The summed E-state index contributed by atoms with van der Waals surface area (Å²) in [6.45, 7) is 0.404. The Morgan fingerprint density at radius 3 is 2.65 bits per heavy atom. The molecule has 90 valence electrons. The summed E-state index contributed by atoms with van der Waals surface area (Å²) in [5.74, 6) is 0. The van der Waals surface area contributed by atoms with Gasteiger partial charge in [0, 0.05) is 20.6 Å². The molecule has 0 saturated heterocycles. The van der Waals surface area contributed by atoms with Gasteiger partial charge in [0.15, 0.2) is 4.34 Å². The molecule has 2 N–H and O–H groups in total. The average molecular weight is 268 g/mol. The highest BCUT2D eigenvalue weighted by atomic mass is 32.2. The van der Waals surface area contributed by atoms with E-state index in [-0.39, 0.29) is 0 Å². The standard InChI is InChI=1S/C9H12N6S2/c1-15(2)8-13-14-9(17-8)16-7-5-11-6(3-10)4-12-7/h4-5H,3,10H2,1-2H3. The van der Waals surface area contributed by atoms with Crippen LogP contribution in [0.4, 0.5) is 5.13 Å². The molecule has 0 bridgehead atoms. The summed E-state index contributed by atoms with van der Waals surface area (Å²) < 4.78 is 0.850. The van der Waals surface area contributed by atoms with Gasteiger partial charge in [-0.15, -0.1) is 10.2 Å². The molecule has 0 fully saturated rings. The topological polar surface area (TPSA) is 80.8 Å². The molecule has 0 saturated carbocycles. The van der Waals surface area contributed by atoms with Crippen molar-refractivity contribution in [1.29, 1.82) is 0 Å². The lowest BCUT2D eigenvalue weighted by atomic mass is 10.5. The zero-order valence-corrected chi connectivity index (χ0v) is 11.1. The molecule has 6 nitrogen and oxygen atoms in total. The summed E-state index contributed by atoms with van der Waals surface area (Å²) in [5, 5.41) is 9.79. The lowest BCUT2D eigenvalue weighted by Crippen LogP contribution is -2.07. The van der Waals surface area contributed by atoms with Crippen molar-refractivity contribution >= 4 is 28.2 Å². The smallest absolute Gasteiger partial charge is 0.208 e. The number of hydrogen-bond donors (Lipinski definition) is 1. The van der Waals surface area contributed by atoms with Crippen molar-refractivity contribution in [2.45, 2.75) is 15.9 Å². The van der Waals surface area contributed by atoms with Gasteiger partial charge >= 0.3 is 0 Å². The summed E-state index contributed by atoms with van der Waals surface area (Å²) in [5.41, 5.74) is 6.23. The molecule has 2 aromatic rings. The fourth-order valence-electron chi connectivity index (χ4n) is 1.01. The van der Waals surface area contributed by atoms with Crippen molar-refractivity contribution in [3.8, 4) is 0 Å². The first-order chi connectivity index (χ1) is 8.19. The molecule has 2 heterocycles. The number of nitrogens with two attached hydrogens (primary N) is 1. The average Bonchev–Trinajstić information content (AvgIpc) is 2.79. The number of aromatic nitrogens is 4. The molecule has 0 radical (unpaired) electrons. The van der Waals surface area contributed by atoms with Crippen LogP contribution in [0.25, 0.3) is 0 Å². The minimum Gasteiger partial charge on any atom is -0.353 e. The van der Waals surface area contributed by atoms with Crippen LogP contribution in [-0.4, -0.2) is 34.3 Å². The molecule has 0 aliphatic rings. The van der Waals surface area contributed by atoms with E-state index >= 15 is 0 Å². The maximum atomic E-state index is 5.45. The molecule has 2 rings (SSSR count). The molecule has 0 amide bonds. The van der Waals surface area contributed by atoms with Gasteiger partial charge in [-0.05, 0) is 11.8 Å². The molecule has 0 aliphatic heterocycles. The third kappa shape index (κ3) is 3.11. The number of nitrogens with zero attached hydrogens (tertiary/aromatic N) is 5. The zero-order valence-electron chi connectivity index (χ0n) is 9.49. The second-order valence-corrected chi connectivity index (χ2v) is 5.62. The van der Waals surface area contributed by atoms with Gasteiger partial charge in [0.1, 0.15) is 5.03 Å². The van der Waals surface area contributed by atoms with Crippen LogP contribution in [-0.2, 0) is 6.54 Å². The van der Waals surface area contributed by atoms with E-state index in [1.165, 1.54) is 23.1 Å². The molecule has 0 aliphatic carbocycles. The van der Waals surface area contributed by atoms with Crippen molar-refractivity contribution < 1.29 is 0 Å². The Hall–Kier alpha value is -1.25. The van der Waals surface area contributed by atoms with Gasteiger partial charge in [-0.25, -0.2) is 4.98 Å². The van der Waals surface area contributed by atoms with Gasteiger partial charge in [-0.3, -0.25) is 4.98 Å². The molecule has 8 heteroatoms. The molecular weight excluding hydrogens is 256 g/mol. The van der Waals surface area contributed by atoms with Crippen molar-refractivity contribution in [3.63, 3.8) is 0 Å². The number of hydrogen-bond acceptors (Lipinski definition) is 8. The maximum absolute atomic E-state index is 5.45. The van der Waals surface area contributed by atoms with Gasteiger partial charge in [-0.1, -0.05) is 11.3 Å². The monoisotopic (exact) mass is 268 g/mol. The summed E-state index contributed by atoms with van der Waals surface area (Å²) in [4.78, 5) is 10.3. The minimum absolute atomic E-state index is 0.404. The van der Waals surface area contributed by atoms with E-state index in [0.717, 1.165) is 20.2 Å². The number of rotatable bonds is 4. The normalized spacial score (nSPS) is 10.5. The SMILES string of the molecule is CN(C)c1nnc(Sc2cnc(CN)cn2)s1. The molecule has 0 unspecified atom stereocenters. The fraction of sp³-hybridized carbons (Fsp3) is 0.333. The fourth-order valence-corrected chi connectivity index (χ4v) is 2.63. The Morgan fingerprint density at radius 1 is 1.29 bits per heavy atom. The Bertz CT molecular complexity index is 480. The highest BCUT2D eigenvalue weighted by Crippen LogP contribution is 2.30. The molecular formula is C9H12N6S2. The second-order valence-electron chi connectivity index (χ2n) is 3.40. The Kier molecular flexibility index (Phi) is 3.87. The predicted molar refractivity (Wildman–Crippen MR) is 68.3 cm³/mol. The summed E-state index contributed by atoms with van der Waals surface area (Å²) in [6.07, 6.45) is 3.37. The van der Waals surface area contributed by atoms with Crippen molar-refractivity contribution in [2.24, 2.45) is 5.73 Å². The van der Waals surface area contributed by atoms with Crippen LogP contribution in [0.15, 0.2) is 21.8 Å². The summed E-state index contributed by atoms with van der Waals surface area (Å²) in [7, 11) is 3.87. The highest BCUT2D eigenvalue weighted by Gasteiger charge is 2.08. The largest absolute Gasteiger partial charge is 0.353 e. The van der Waals surface area contributed by atoms with Crippen molar-refractivity contribution in [1.82, 2.24) is 20.2 Å². The lowest BCUT2D eigenvalue weighted by molar-refractivity contribution is 0.920. The highest BCUT2D eigenvalue weighted by molar-refractivity contribution is 8.01. The van der Waals surface area contributed by atoms with E-state index in [0.29, 0.717) is 6.54 Å². The zero-order chi connectivity index (χ0) is 12.3. The minimum atomic E-state index is 0.404. The van der Waals surface area contributed by atoms with Crippen molar-refractivity contribution in [2.75, 3.05) is 19.0 Å². The lowest BCUT2D eigenvalue weighted by Gasteiger charge is -2.03. The van der Waals surface area contributed by atoms with Crippen LogP contribution in [0.2, 0.25) is 0 Å². The van der Waals surface area contributed by atoms with E-state index in [9.17, 15) is 0 Å². The van der Waals surface area contributed by atoms with Gasteiger partial charge in [0.2, 0.25) is 5.13 Å². The van der Waals surface area contributed by atoms with E-state index in [2.05, 4.69) is 20.2 Å². The first-order valence-corrected chi connectivity index (χ1v) is 6.52. The maximum Gasteiger partial charge on any atom is 0.208 e. The Labute approximate surface area is 107 Å². The predicted octanol–water partition coefficient (Wildman–Crippen LogP) is 1.00. The molecule has 17 heavy (non-hydrogen) atoms. The molecule has 0 spiro atoms. The Morgan fingerprint density at radius 2 is 2.12 bits per heavy atom. The van der Waals surface area contributed by atoms with Crippen LogP contribution in [0.1, 0.15) is 5.69 Å². The third-order valence-electron chi connectivity index (χ3n) is 1.86. The van der Waals surface area contributed by atoms with Gasteiger partial charge < -0.3 is 10.6 Å².